The third-order valence-electron chi connectivity index (χ3n) is 5.48. The lowest BCUT2D eigenvalue weighted by Crippen LogP contribution is -2.49. The largest absolute Gasteiger partial charge is 0.373 e. The summed E-state index contributed by atoms with van der Waals surface area (Å²) in [6, 6.07) is 0. The topological polar surface area (TPSA) is 26.3 Å². The Kier molecular flexibility index (Phi) is 4.00. The minimum absolute atomic E-state index is 0.0271. The third kappa shape index (κ3) is 2.20. The number of ether oxygens (including phenoxy) is 1. The van der Waals surface area contributed by atoms with Crippen molar-refractivity contribution in [2.24, 2.45) is 17.3 Å². The molecular weight excluding hydrogens is 236 g/mol. The zero-order valence-corrected chi connectivity index (χ0v) is 12.8. The van der Waals surface area contributed by atoms with Crippen molar-refractivity contribution in [2.75, 3.05) is 7.11 Å². The summed E-state index contributed by atoms with van der Waals surface area (Å²) in [6.07, 6.45) is 7.24. The number of carbonyl (C=O) groups is 1. The number of carbonyl (C=O) groups excluding carboxylic acids is 1. The fourth-order valence-electron chi connectivity index (χ4n) is 3.77. The minimum Gasteiger partial charge on any atom is -0.373 e. The fraction of sp³-hybridized carbons (Fsp3) is 0.706. The molecule has 0 N–H and O–H groups in total. The lowest BCUT2D eigenvalue weighted by atomic mass is 9.56. The van der Waals surface area contributed by atoms with Crippen LogP contribution in [0.15, 0.2) is 23.3 Å². The predicted octanol–water partition coefficient (Wildman–Crippen LogP) is 3.92. The molecule has 0 aromatic rings. The van der Waals surface area contributed by atoms with Gasteiger partial charge in [-0.05, 0) is 44.4 Å². The highest BCUT2D eigenvalue weighted by Gasteiger charge is 2.50. The van der Waals surface area contributed by atoms with Gasteiger partial charge in [-0.2, -0.15) is 0 Å². The number of hydrogen-bond acceptors (Lipinski definition) is 2. The molecule has 0 spiro atoms. The molecule has 2 aliphatic rings. The maximum Gasteiger partial charge on any atom is 0.188 e. The van der Waals surface area contributed by atoms with Gasteiger partial charge in [0, 0.05) is 18.6 Å². The van der Waals surface area contributed by atoms with Crippen LogP contribution in [-0.2, 0) is 9.53 Å². The van der Waals surface area contributed by atoms with Crippen molar-refractivity contribution in [3.63, 3.8) is 0 Å². The van der Waals surface area contributed by atoms with Gasteiger partial charge in [0.2, 0.25) is 0 Å². The zero-order valence-electron chi connectivity index (χ0n) is 12.8. The maximum atomic E-state index is 12.8. The van der Waals surface area contributed by atoms with E-state index in [1.54, 1.807) is 7.11 Å². The highest BCUT2D eigenvalue weighted by Crippen LogP contribution is 2.52. The van der Waals surface area contributed by atoms with Crippen molar-refractivity contribution in [2.45, 2.75) is 53.1 Å². The third-order valence-corrected chi connectivity index (χ3v) is 5.48. The maximum absolute atomic E-state index is 12.8. The molecule has 106 valence electrons. The Morgan fingerprint density at radius 1 is 1.53 bits per heavy atom. The smallest absolute Gasteiger partial charge is 0.188 e. The Morgan fingerprint density at radius 3 is 2.79 bits per heavy atom. The van der Waals surface area contributed by atoms with Crippen molar-refractivity contribution in [3.05, 3.63) is 23.3 Å². The lowest BCUT2D eigenvalue weighted by Gasteiger charge is -2.48. The predicted molar refractivity (Wildman–Crippen MR) is 77.9 cm³/mol. The van der Waals surface area contributed by atoms with Crippen LogP contribution in [0.2, 0.25) is 0 Å². The average molecular weight is 262 g/mol. The van der Waals surface area contributed by atoms with Crippen LogP contribution in [0.25, 0.3) is 0 Å². The normalized spacial score (nSPS) is 39.8. The van der Waals surface area contributed by atoms with E-state index in [0.717, 1.165) is 18.4 Å². The molecule has 1 saturated carbocycles. The number of methoxy groups -OCH3 is 1. The molecule has 0 saturated heterocycles. The van der Waals surface area contributed by atoms with Gasteiger partial charge in [0.15, 0.2) is 5.78 Å². The fourth-order valence-corrected chi connectivity index (χ4v) is 3.77. The second-order valence-electron chi connectivity index (χ2n) is 6.38. The van der Waals surface area contributed by atoms with E-state index in [0.29, 0.717) is 5.92 Å². The zero-order chi connectivity index (χ0) is 14.2. The number of Topliss-reactive ketones (excluding diaryl/α,β-unsaturated/α-hetero) is 1. The van der Waals surface area contributed by atoms with Crippen LogP contribution < -0.4 is 0 Å². The van der Waals surface area contributed by atoms with Crippen molar-refractivity contribution in [1.29, 1.82) is 0 Å². The van der Waals surface area contributed by atoms with Crippen LogP contribution in [0.5, 0.6) is 0 Å². The first-order valence-corrected chi connectivity index (χ1v) is 7.36. The Balaban J connectivity index is 2.45. The van der Waals surface area contributed by atoms with E-state index in [1.807, 2.05) is 6.92 Å². The molecule has 4 atom stereocenters. The Bertz CT molecular complexity index is 433. The Labute approximate surface area is 116 Å². The van der Waals surface area contributed by atoms with Gasteiger partial charge < -0.3 is 4.74 Å². The molecule has 0 aromatic heterocycles. The van der Waals surface area contributed by atoms with E-state index in [-0.39, 0.29) is 23.2 Å². The molecule has 2 heteroatoms. The SMILES string of the molecule is CC=C(C)C1CC2(C)C(=CCCC2C)C(=O)C1OC. The summed E-state index contributed by atoms with van der Waals surface area (Å²) >= 11 is 0. The number of ketones is 1. The van der Waals surface area contributed by atoms with E-state index in [2.05, 4.69) is 32.9 Å². The molecule has 19 heavy (non-hydrogen) atoms. The summed E-state index contributed by atoms with van der Waals surface area (Å²) in [5.41, 5.74) is 2.33. The summed E-state index contributed by atoms with van der Waals surface area (Å²) in [7, 11) is 1.66. The van der Waals surface area contributed by atoms with E-state index in [1.165, 1.54) is 12.0 Å². The summed E-state index contributed by atoms with van der Waals surface area (Å²) in [5.74, 6) is 1.01. The Hall–Kier alpha value is -0.890. The second-order valence-corrected chi connectivity index (χ2v) is 6.38. The van der Waals surface area contributed by atoms with E-state index in [9.17, 15) is 4.79 Å². The standard InChI is InChI=1S/C17H26O2/c1-6-11(2)13-10-17(4)12(3)8-7-9-14(17)15(18)16(13)19-5/h6,9,12-13,16H,7-8,10H2,1-5H3. The monoisotopic (exact) mass is 262 g/mol. The quantitative estimate of drug-likeness (QED) is 0.705. The molecule has 1 fully saturated rings. The van der Waals surface area contributed by atoms with Crippen LogP contribution in [0, 0.1) is 17.3 Å². The van der Waals surface area contributed by atoms with Gasteiger partial charge in [-0.1, -0.05) is 31.6 Å². The highest BCUT2D eigenvalue weighted by molar-refractivity contribution is 6.01. The first kappa shape index (κ1) is 14.5. The van der Waals surface area contributed by atoms with E-state index < -0.39 is 0 Å². The van der Waals surface area contributed by atoms with Crippen molar-refractivity contribution in [1.82, 2.24) is 0 Å². The number of fused-ring (bicyclic) bond motifs is 1. The van der Waals surface area contributed by atoms with Crippen molar-refractivity contribution >= 4 is 5.78 Å². The number of hydrogen-bond donors (Lipinski definition) is 0. The summed E-state index contributed by atoms with van der Waals surface area (Å²) in [4.78, 5) is 12.8. The van der Waals surface area contributed by atoms with Crippen LogP contribution in [0.1, 0.15) is 47.0 Å². The minimum atomic E-state index is -0.291. The first-order valence-electron chi connectivity index (χ1n) is 7.36. The molecule has 0 aromatic carbocycles. The summed E-state index contributed by atoms with van der Waals surface area (Å²) < 4.78 is 5.54. The van der Waals surface area contributed by atoms with Gasteiger partial charge in [-0.25, -0.2) is 0 Å². The molecule has 0 bridgehead atoms. The van der Waals surface area contributed by atoms with Gasteiger partial charge in [-0.15, -0.1) is 0 Å². The Morgan fingerprint density at radius 2 is 2.21 bits per heavy atom. The average Bonchev–Trinajstić information content (AvgIpc) is 2.40. The molecule has 2 rings (SSSR count). The number of rotatable bonds is 2. The molecule has 0 aliphatic heterocycles. The molecular formula is C17H26O2. The van der Waals surface area contributed by atoms with Gasteiger partial charge in [0.25, 0.3) is 0 Å². The molecule has 0 heterocycles. The van der Waals surface area contributed by atoms with Crippen LogP contribution >= 0.6 is 0 Å². The molecule has 2 aliphatic carbocycles. The number of allylic oxidation sites excluding steroid dienone is 2. The van der Waals surface area contributed by atoms with Crippen LogP contribution in [0.4, 0.5) is 0 Å². The molecule has 4 unspecified atom stereocenters. The van der Waals surface area contributed by atoms with Gasteiger partial charge in [-0.3, -0.25) is 4.79 Å². The molecule has 0 amide bonds. The van der Waals surface area contributed by atoms with E-state index in [4.69, 9.17) is 4.74 Å². The van der Waals surface area contributed by atoms with E-state index >= 15 is 0 Å². The van der Waals surface area contributed by atoms with Crippen molar-refractivity contribution < 1.29 is 9.53 Å². The van der Waals surface area contributed by atoms with Gasteiger partial charge >= 0.3 is 0 Å². The first-order chi connectivity index (χ1) is 8.95. The molecule has 0 radical (unpaired) electrons. The van der Waals surface area contributed by atoms with Crippen molar-refractivity contribution in [3.8, 4) is 0 Å². The summed E-state index contributed by atoms with van der Waals surface area (Å²) in [5, 5.41) is 0. The molecule has 2 nitrogen and oxygen atoms in total. The van der Waals surface area contributed by atoms with Crippen LogP contribution in [0.3, 0.4) is 0 Å². The van der Waals surface area contributed by atoms with Gasteiger partial charge in [0.1, 0.15) is 6.10 Å². The second kappa shape index (κ2) is 5.24. The lowest BCUT2D eigenvalue weighted by molar-refractivity contribution is -0.133. The summed E-state index contributed by atoms with van der Waals surface area (Å²) in [6.45, 7) is 8.72. The highest BCUT2D eigenvalue weighted by atomic mass is 16.5. The van der Waals surface area contributed by atoms with Gasteiger partial charge in [0.05, 0.1) is 0 Å². The van der Waals surface area contributed by atoms with Crippen LogP contribution in [-0.4, -0.2) is 19.0 Å².